The molecule has 29 heavy (non-hydrogen) atoms. The highest BCUT2D eigenvalue weighted by molar-refractivity contribution is 6.35. The van der Waals surface area contributed by atoms with Crippen molar-refractivity contribution in [2.24, 2.45) is 7.05 Å². The normalized spacial score (nSPS) is 14.1. The lowest BCUT2D eigenvalue weighted by Gasteiger charge is -2.09. The average Bonchev–Trinajstić information content (AvgIpc) is 3.07. The SMILES string of the molecule is Cc1cn(C)c(C(=O)Nc2ccc(-c3cc4c(cc3Cl)OC(F)(F)O4)cn2)c1Cl. The number of carbonyl (C=O) groups excluding carboxylic acids is 1. The summed E-state index contributed by atoms with van der Waals surface area (Å²) in [6, 6.07) is 5.80. The van der Waals surface area contributed by atoms with Gasteiger partial charge in [0.2, 0.25) is 0 Å². The first-order chi connectivity index (χ1) is 13.6. The van der Waals surface area contributed by atoms with Crippen LogP contribution in [0.5, 0.6) is 11.5 Å². The predicted molar refractivity (Wildman–Crippen MR) is 104 cm³/mol. The van der Waals surface area contributed by atoms with E-state index in [1.165, 1.54) is 18.3 Å². The molecule has 0 radical (unpaired) electrons. The van der Waals surface area contributed by atoms with Crippen LogP contribution in [0.2, 0.25) is 10.0 Å². The third kappa shape index (κ3) is 3.61. The van der Waals surface area contributed by atoms with E-state index in [9.17, 15) is 13.6 Å². The average molecular weight is 440 g/mol. The number of alkyl halides is 2. The van der Waals surface area contributed by atoms with Gasteiger partial charge in [-0.15, -0.1) is 8.78 Å². The van der Waals surface area contributed by atoms with Crippen molar-refractivity contribution in [2.45, 2.75) is 13.2 Å². The van der Waals surface area contributed by atoms with Crippen molar-refractivity contribution in [3.63, 3.8) is 0 Å². The second-order valence-electron chi connectivity index (χ2n) is 6.42. The minimum atomic E-state index is -3.73. The molecule has 0 bridgehead atoms. The Morgan fingerprint density at radius 1 is 1.21 bits per heavy atom. The van der Waals surface area contributed by atoms with Crippen molar-refractivity contribution >= 4 is 34.9 Å². The predicted octanol–water partition coefficient (Wildman–Crippen LogP) is 5.28. The summed E-state index contributed by atoms with van der Waals surface area (Å²) in [5, 5.41) is 3.22. The van der Waals surface area contributed by atoms with Gasteiger partial charge in [-0.3, -0.25) is 4.79 Å². The van der Waals surface area contributed by atoms with E-state index >= 15 is 0 Å². The van der Waals surface area contributed by atoms with Crippen LogP contribution in [0.4, 0.5) is 14.6 Å². The minimum absolute atomic E-state index is 0.125. The third-order valence-corrected chi connectivity index (χ3v) is 5.11. The van der Waals surface area contributed by atoms with Gasteiger partial charge in [-0.25, -0.2) is 4.98 Å². The first-order valence-corrected chi connectivity index (χ1v) is 9.09. The number of carbonyl (C=O) groups is 1. The number of hydrogen-bond donors (Lipinski definition) is 1. The topological polar surface area (TPSA) is 65.4 Å². The van der Waals surface area contributed by atoms with Gasteiger partial charge in [0.25, 0.3) is 5.91 Å². The molecule has 0 atom stereocenters. The lowest BCUT2D eigenvalue weighted by atomic mass is 10.1. The molecule has 1 aliphatic rings. The van der Waals surface area contributed by atoms with Crippen LogP contribution in [0, 0.1) is 6.92 Å². The van der Waals surface area contributed by atoms with Crippen LogP contribution in [0.25, 0.3) is 11.1 Å². The number of fused-ring (bicyclic) bond motifs is 1. The Kier molecular flexibility index (Phi) is 4.63. The Morgan fingerprint density at radius 2 is 1.90 bits per heavy atom. The number of nitrogens with one attached hydrogen (secondary N) is 1. The zero-order valence-electron chi connectivity index (χ0n) is 15.1. The fourth-order valence-corrected chi connectivity index (χ4v) is 3.54. The molecule has 0 fully saturated rings. The maximum absolute atomic E-state index is 13.2. The number of nitrogens with zero attached hydrogens (tertiary/aromatic N) is 2. The molecule has 150 valence electrons. The highest BCUT2D eigenvalue weighted by atomic mass is 35.5. The number of benzene rings is 1. The standard InChI is InChI=1S/C19H13Cl2F2N3O3/c1-9-8-26(2)17(16(9)21)18(27)25-15-4-3-10(7-24-15)11-5-13-14(6-12(11)20)29-19(22,23)28-13/h3-8H,1-2H3,(H,24,25,27). The molecule has 0 aliphatic carbocycles. The zero-order chi connectivity index (χ0) is 20.9. The molecule has 3 aromatic rings. The smallest absolute Gasteiger partial charge is 0.395 e. The third-order valence-electron chi connectivity index (χ3n) is 4.32. The van der Waals surface area contributed by atoms with Crippen molar-refractivity contribution in [1.82, 2.24) is 9.55 Å². The summed E-state index contributed by atoms with van der Waals surface area (Å²) >= 11 is 12.4. The molecular formula is C19H13Cl2F2N3O3. The van der Waals surface area contributed by atoms with Crippen molar-refractivity contribution < 1.29 is 23.0 Å². The molecule has 6 nitrogen and oxygen atoms in total. The molecule has 4 rings (SSSR count). The van der Waals surface area contributed by atoms with E-state index in [-0.39, 0.29) is 22.3 Å². The van der Waals surface area contributed by atoms with Crippen LogP contribution in [-0.4, -0.2) is 21.8 Å². The molecule has 1 N–H and O–H groups in total. The number of halogens is 4. The zero-order valence-corrected chi connectivity index (χ0v) is 16.6. The largest absolute Gasteiger partial charge is 0.586 e. The number of anilines is 1. The first kappa shape index (κ1) is 19.5. The van der Waals surface area contributed by atoms with Crippen molar-refractivity contribution in [3.05, 3.63) is 58.0 Å². The molecular weight excluding hydrogens is 427 g/mol. The number of aryl methyl sites for hydroxylation is 2. The van der Waals surface area contributed by atoms with Gasteiger partial charge >= 0.3 is 6.29 Å². The van der Waals surface area contributed by atoms with Crippen LogP contribution in [0.15, 0.2) is 36.7 Å². The van der Waals surface area contributed by atoms with Gasteiger partial charge in [-0.05, 0) is 30.7 Å². The Balaban J connectivity index is 1.57. The first-order valence-electron chi connectivity index (χ1n) is 8.33. The number of hydrogen-bond acceptors (Lipinski definition) is 4. The van der Waals surface area contributed by atoms with Crippen LogP contribution >= 0.6 is 23.2 Å². The fraction of sp³-hybridized carbons (Fsp3) is 0.158. The van der Waals surface area contributed by atoms with Crippen molar-refractivity contribution in [1.29, 1.82) is 0 Å². The van der Waals surface area contributed by atoms with Crippen LogP contribution in [0.1, 0.15) is 16.1 Å². The molecule has 0 saturated heterocycles. The molecule has 3 heterocycles. The quantitative estimate of drug-likeness (QED) is 0.602. The molecule has 0 spiro atoms. The Labute approximate surface area is 174 Å². The summed E-state index contributed by atoms with van der Waals surface area (Å²) in [4.78, 5) is 16.7. The summed E-state index contributed by atoms with van der Waals surface area (Å²) in [5.41, 5.74) is 2.07. The molecule has 1 aromatic carbocycles. The second-order valence-corrected chi connectivity index (χ2v) is 7.20. The summed E-state index contributed by atoms with van der Waals surface area (Å²) in [6.07, 6.45) is -0.527. The maximum atomic E-state index is 13.2. The van der Waals surface area contributed by atoms with E-state index in [2.05, 4.69) is 19.8 Å². The summed E-state index contributed by atoms with van der Waals surface area (Å²) in [7, 11) is 1.72. The van der Waals surface area contributed by atoms with Gasteiger partial charge in [0.05, 0.1) is 10.0 Å². The molecule has 2 aromatic heterocycles. The van der Waals surface area contributed by atoms with Gasteiger partial charge in [0, 0.05) is 36.6 Å². The highest BCUT2D eigenvalue weighted by Gasteiger charge is 2.43. The minimum Gasteiger partial charge on any atom is -0.395 e. The maximum Gasteiger partial charge on any atom is 0.586 e. The number of aromatic nitrogens is 2. The van der Waals surface area contributed by atoms with Gasteiger partial charge in [-0.1, -0.05) is 23.2 Å². The summed E-state index contributed by atoms with van der Waals surface area (Å²) in [6.45, 7) is 1.80. The van der Waals surface area contributed by atoms with Crippen molar-refractivity contribution in [2.75, 3.05) is 5.32 Å². The van der Waals surface area contributed by atoms with Gasteiger partial charge < -0.3 is 19.4 Å². The Bertz CT molecular complexity index is 1130. The van der Waals surface area contributed by atoms with Crippen LogP contribution < -0.4 is 14.8 Å². The van der Waals surface area contributed by atoms with Gasteiger partial charge in [-0.2, -0.15) is 0 Å². The Morgan fingerprint density at radius 3 is 2.48 bits per heavy atom. The van der Waals surface area contributed by atoms with E-state index in [0.29, 0.717) is 21.8 Å². The van der Waals surface area contributed by atoms with Gasteiger partial charge in [0.1, 0.15) is 11.5 Å². The van der Waals surface area contributed by atoms with Crippen LogP contribution in [-0.2, 0) is 7.05 Å². The molecule has 0 unspecified atom stereocenters. The Hall–Kier alpha value is -2.84. The summed E-state index contributed by atoms with van der Waals surface area (Å²) < 4.78 is 36.9. The fourth-order valence-electron chi connectivity index (χ4n) is 3.01. The molecule has 1 amide bonds. The summed E-state index contributed by atoms with van der Waals surface area (Å²) in [5.74, 6) is -0.387. The van der Waals surface area contributed by atoms with E-state index in [1.807, 2.05) is 0 Å². The number of rotatable bonds is 3. The lowest BCUT2D eigenvalue weighted by Crippen LogP contribution is -2.25. The number of ether oxygens (including phenoxy) is 2. The number of amides is 1. The number of pyridine rings is 1. The van der Waals surface area contributed by atoms with E-state index in [0.717, 1.165) is 5.56 Å². The van der Waals surface area contributed by atoms with E-state index in [1.54, 1.807) is 36.9 Å². The van der Waals surface area contributed by atoms with Crippen molar-refractivity contribution in [3.8, 4) is 22.6 Å². The monoisotopic (exact) mass is 439 g/mol. The molecule has 10 heteroatoms. The molecule has 0 saturated carbocycles. The second kappa shape index (κ2) is 6.89. The molecule has 1 aliphatic heterocycles. The highest BCUT2D eigenvalue weighted by Crippen LogP contribution is 2.46. The van der Waals surface area contributed by atoms with Gasteiger partial charge in [0.15, 0.2) is 11.5 Å². The van der Waals surface area contributed by atoms with Crippen LogP contribution in [0.3, 0.4) is 0 Å². The van der Waals surface area contributed by atoms with E-state index in [4.69, 9.17) is 23.2 Å². The lowest BCUT2D eigenvalue weighted by molar-refractivity contribution is -0.286. The van der Waals surface area contributed by atoms with E-state index < -0.39 is 12.2 Å².